The van der Waals surface area contributed by atoms with E-state index >= 15 is 0 Å². The van der Waals surface area contributed by atoms with E-state index in [4.69, 9.17) is 4.74 Å². The SMILES string of the molecule is C=C(C)COCc1ccc(O)c2ncccc12. The van der Waals surface area contributed by atoms with Crippen molar-refractivity contribution in [3.63, 3.8) is 0 Å². The molecule has 0 aliphatic carbocycles. The number of rotatable bonds is 4. The maximum atomic E-state index is 9.69. The molecule has 1 heterocycles. The van der Waals surface area contributed by atoms with Gasteiger partial charge in [-0.3, -0.25) is 4.98 Å². The fourth-order valence-electron chi connectivity index (χ4n) is 1.68. The molecule has 0 unspecified atom stereocenters. The summed E-state index contributed by atoms with van der Waals surface area (Å²) in [6.07, 6.45) is 1.67. The number of phenols is 1. The second-order valence-electron chi connectivity index (χ2n) is 4.09. The average molecular weight is 229 g/mol. The first-order valence-electron chi connectivity index (χ1n) is 5.46. The van der Waals surface area contributed by atoms with Gasteiger partial charge in [-0.25, -0.2) is 0 Å². The lowest BCUT2D eigenvalue weighted by Gasteiger charge is -2.08. The van der Waals surface area contributed by atoms with E-state index in [0.29, 0.717) is 18.7 Å². The molecule has 1 aromatic heterocycles. The van der Waals surface area contributed by atoms with Crippen LogP contribution in [0.2, 0.25) is 0 Å². The smallest absolute Gasteiger partial charge is 0.141 e. The number of aromatic hydroxyl groups is 1. The Bertz CT molecular complexity index is 549. The summed E-state index contributed by atoms with van der Waals surface area (Å²) in [7, 11) is 0. The summed E-state index contributed by atoms with van der Waals surface area (Å²) in [4.78, 5) is 4.16. The lowest BCUT2D eigenvalue weighted by atomic mass is 10.1. The Labute approximate surface area is 100 Å². The highest BCUT2D eigenvalue weighted by molar-refractivity contribution is 5.86. The topological polar surface area (TPSA) is 42.4 Å². The van der Waals surface area contributed by atoms with Crippen molar-refractivity contribution < 1.29 is 9.84 Å². The Hall–Kier alpha value is -1.87. The van der Waals surface area contributed by atoms with Crippen LogP contribution in [-0.2, 0) is 11.3 Å². The number of ether oxygens (including phenoxy) is 1. The van der Waals surface area contributed by atoms with Crippen LogP contribution in [0.5, 0.6) is 5.75 Å². The third-order valence-corrected chi connectivity index (χ3v) is 2.44. The van der Waals surface area contributed by atoms with Gasteiger partial charge in [0.1, 0.15) is 11.3 Å². The van der Waals surface area contributed by atoms with Crippen LogP contribution >= 0.6 is 0 Å². The molecular formula is C14H15NO2. The molecule has 1 N–H and O–H groups in total. The summed E-state index contributed by atoms with van der Waals surface area (Å²) in [6, 6.07) is 7.29. The van der Waals surface area contributed by atoms with Gasteiger partial charge in [0.15, 0.2) is 0 Å². The van der Waals surface area contributed by atoms with E-state index < -0.39 is 0 Å². The van der Waals surface area contributed by atoms with Gasteiger partial charge in [0.05, 0.1) is 13.2 Å². The molecule has 0 fully saturated rings. The van der Waals surface area contributed by atoms with Gasteiger partial charge in [0.25, 0.3) is 0 Å². The van der Waals surface area contributed by atoms with Crippen LogP contribution in [-0.4, -0.2) is 16.7 Å². The fraction of sp³-hybridized carbons (Fsp3) is 0.214. The zero-order valence-corrected chi connectivity index (χ0v) is 9.81. The van der Waals surface area contributed by atoms with Gasteiger partial charge >= 0.3 is 0 Å². The molecule has 3 heteroatoms. The lowest BCUT2D eigenvalue weighted by Crippen LogP contribution is -1.97. The van der Waals surface area contributed by atoms with Gasteiger partial charge in [-0.2, -0.15) is 0 Å². The first-order valence-corrected chi connectivity index (χ1v) is 5.46. The van der Waals surface area contributed by atoms with Crippen molar-refractivity contribution in [1.82, 2.24) is 4.98 Å². The first-order chi connectivity index (χ1) is 8.18. The predicted octanol–water partition coefficient (Wildman–Crippen LogP) is 3.03. The van der Waals surface area contributed by atoms with Gasteiger partial charge in [-0.05, 0) is 24.6 Å². The maximum Gasteiger partial charge on any atom is 0.141 e. The largest absolute Gasteiger partial charge is 0.506 e. The number of phenolic OH excluding ortho intramolecular Hbond substituents is 1. The van der Waals surface area contributed by atoms with E-state index in [1.54, 1.807) is 12.3 Å². The number of benzene rings is 1. The van der Waals surface area contributed by atoms with Crippen LogP contribution in [0.15, 0.2) is 42.6 Å². The average Bonchev–Trinajstić information content (AvgIpc) is 2.32. The molecule has 88 valence electrons. The van der Waals surface area contributed by atoms with Gasteiger partial charge in [0, 0.05) is 11.6 Å². The van der Waals surface area contributed by atoms with Crippen molar-refractivity contribution >= 4 is 10.9 Å². The van der Waals surface area contributed by atoms with Crippen molar-refractivity contribution in [1.29, 1.82) is 0 Å². The highest BCUT2D eigenvalue weighted by Crippen LogP contribution is 2.25. The number of hydrogen-bond donors (Lipinski definition) is 1. The minimum Gasteiger partial charge on any atom is -0.506 e. The Morgan fingerprint density at radius 3 is 3.00 bits per heavy atom. The van der Waals surface area contributed by atoms with Crippen molar-refractivity contribution in [2.24, 2.45) is 0 Å². The number of pyridine rings is 1. The van der Waals surface area contributed by atoms with E-state index in [0.717, 1.165) is 16.5 Å². The minimum atomic E-state index is 0.198. The summed E-state index contributed by atoms with van der Waals surface area (Å²) >= 11 is 0. The second kappa shape index (κ2) is 4.97. The first kappa shape index (κ1) is 11.6. The van der Waals surface area contributed by atoms with Crippen molar-refractivity contribution in [3.8, 4) is 5.75 Å². The van der Waals surface area contributed by atoms with Gasteiger partial charge in [0.2, 0.25) is 0 Å². The molecule has 0 bridgehead atoms. The third kappa shape index (κ3) is 2.63. The van der Waals surface area contributed by atoms with Gasteiger partial charge in [-0.1, -0.05) is 24.3 Å². The molecule has 0 spiro atoms. The van der Waals surface area contributed by atoms with Crippen molar-refractivity contribution in [3.05, 3.63) is 48.2 Å². The highest BCUT2D eigenvalue weighted by Gasteiger charge is 2.05. The van der Waals surface area contributed by atoms with Crippen LogP contribution < -0.4 is 0 Å². The number of nitrogens with zero attached hydrogens (tertiary/aromatic N) is 1. The lowest BCUT2D eigenvalue weighted by molar-refractivity contribution is 0.143. The zero-order chi connectivity index (χ0) is 12.3. The molecule has 0 aliphatic heterocycles. The minimum absolute atomic E-state index is 0.198. The molecule has 0 atom stereocenters. The summed E-state index contributed by atoms with van der Waals surface area (Å²) in [5.74, 6) is 0.198. The molecule has 0 aliphatic rings. The van der Waals surface area contributed by atoms with E-state index in [-0.39, 0.29) is 5.75 Å². The molecule has 0 amide bonds. The molecule has 0 radical (unpaired) electrons. The molecule has 0 saturated carbocycles. The molecular weight excluding hydrogens is 214 g/mol. The van der Waals surface area contributed by atoms with Crippen LogP contribution in [0.25, 0.3) is 10.9 Å². The normalized spacial score (nSPS) is 10.6. The molecule has 3 nitrogen and oxygen atoms in total. The number of aromatic nitrogens is 1. The van der Waals surface area contributed by atoms with E-state index in [1.807, 2.05) is 25.1 Å². The summed E-state index contributed by atoms with van der Waals surface area (Å²) < 4.78 is 5.52. The molecule has 2 aromatic rings. The summed E-state index contributed by atoms with van der Waals surface area (Å²) in [5.41, 5.74) is 2.63. The molecule has 2 rings (SSSR count). The Morgan fingerprint density at radius 1 is 1.41 bits per heavy atom. The summed E-state index contributed by atoms with van der Waals surface area (Å²) in [5, 5.41) is 10.6. The second-order valence-corrected chi connectivity index (χ2v) is 4.09. The molecule has 0 saturated heterocycles. The van der Waals surface area contributed by atoms with Gasteiger partial charge in [-0.15, -0.1) is 0 Å². The predicted molar refractivity (Wildman–Crippen MR) is 67.9 cm³/mol. The highest BCUT2D eigenvalue weighted by atomic mass is 16.5. The van der Waals surface area contributed by atoms with Crippen molar-refractivity contribution in [2.45, 2.75) is 13.5 Å². The Kier molecular flexibility index (Phi) is 3.40. The van der Waals surface area contributed by atoms with Crippen LogP contribution in [0.1, 0.15) is 12.5 Å². The number of fused-ring (bicyclic) bond motifs is 1. The summed E-state index contributed by atoms with van der Waals surface area (Å²) in [6.45, 7) is 6.75. The van der Waals surface area contributed by atoms with Crippen LogP contribution in [0.4, 0.5) is 0 Å². The zero-order valence-electron chi connectivity index (χ0n) is 9.81. The molecule has 17 heavy (non-hydrogen) atoms. The number of hydrogen-bond acceptors (Lipinski definition) is 3. The monoisotopic (exact) mass is 229 g/mol. The van der Waals surface area contributed by atoms with Gasteiger partial charge < -0.3 is 9.84 Å². The van der Waals surface area contributed by atoms with E-state index in [1.165, 1.54) is 0 Å². The van der Waals surface area contributed by atoms with Crippen molar-refractivity contribution in [2.75, 3.05) is 6.61 Å². The molecule has 1 aromatic carbocycles. The maximum absolute atomic E-state index is 9.69. The Morgan fingerprint density at radius 2 is 2.24 bits per heavy atom. The standard InChI is InChI=1S/C14H15NO2/c1-10(2)8-17-9-11-5-6-13(16)14-12(11)4-3-7-15-14/h3-7,16H,1,8-9H2,2H3. The van der Waals surface area contributed by atoms with E-state index in [9.17, 15) is 5.11 Å². The quantitative estimate of drug-likeness (QED) is 0.819. The Balaban J connectivity index is 2.28. The third-order valence-electron chi connectivity index (χ3n) is 2.44. The van der Waals surface area contributed by atoms with E-state index in [2.05, 4.69) is 11.6 Å². The fourth-order valence-corrected chi connectivity index (χ4v) is 1.68. The van der Waals surface area contributed by atoms with Crippen LogP contribution in [0.3, 0.4) is 0 Å². The van der Waals surface area contributed by atoms with Crippen LogP contribution in [0, 0.1) is 0 Å².